The van der Waals surface area contributed by atoms with Crippen molar-refractivity contribution in [3.8, 4) is 11.1 Å². The zero-order valence-electron chi connectivity index (χ0n) is 20.1. The number of hydrogen-bond donors (Lipinski definition) is 3. The van der Waals surface area contributed by atoms with Gasteiger partial charge in [0.05, 0.1) is 6.42 Å². The third-order valence-corrected chi connectivity index (χ3v) is 6.13. The number of ether oxygens (including phenoxy) is 1. The Hall–Kier alpha value is -3.35. The number of nitrogens with one attached hydrogen (secondary N) is 2. The lowest BCUT2D eigenvalue weighted by Gasteiger charge is -2.24. The van der Waals surface area contributed by atoms with Crippen LogP contribution in [-0.2, 0) is 14.3 Å². The van der Waals surface area contributed by atoms with Crippen LogP contribution < -0.4 is 10.6 Å². The summed E-state index contributed by atoms with van der Waals surface area (Å²) in [4.78, 5) is 36.0. The summed E-state index contributed by atoms with van der Waals surface area (Å²) in [6.07, 6.45) is 0.965. The van der Waals surface area contributed by atoms with Crippen LogP contribution >= 0.6 is 0 Å². The number of benzene rings is 2. The smallest absolute Gasteiger partial charge is 0.407 e. The summed E-state index contributed by atoms with van der Waals surface area (Å²) in [6.45, 7) is 6.04. The number of carbonyl (C=O) groups excluding carboxylic acids is 2. The molecule has 0 aromatic heterocycles. The zero-order chi connectivity index (χ0) is 24.7. The molecule has 2 aromatic rings. The van der Waals surface area contributed by atoms with Crippen LogP contribution in [0.15, 0.2) is 48.5 Å². The van der Waals surface area contributed by atoms with Gasteiger partial charge in [-0.05, 0) is 34.1 Å². The molecule has 2 aromatic carbocycles. The second-order valence-corrected chi connectivity index (χ2v) is 9.67. The highest BCUT2D eigenvalue weighted by atomic mass is 16.5. The highest BCUT2D eigenvalue weighted by Crippen LogP contribution is 2.44. The zero-order valence-corrected chi connectivity index (χ0v) is 20.1. The molecule has 1 aliphatic carbocycles. The van der Waals surface area contributed by atoms with Crippen molar-refractivity contribution in [2.24, 2.45) is 5.41 Å². The monoisotopic (exact) mass is 466 g/mol. The third-order valence-electron chi connectivity index (χ3n) is 6.13. The van der Waals surface area contributed by atoms with Gasteiger partial charge in [0.25, 0.3) is 0 Å². The van der Waals surface area contributed by atoms with Gasteiger partial charge in [-0.25, -0.2) is 4.79 Å². The first-order chi connectivity index (χ1) is 16.2. The molecule has 7 nitrogen and oxygen atoms in total. The number of carboxylic acids is 1. The molecule has 0 saturated heterocycles. The van der Waals surface area contributed by atoms with Gasteiger partial charge in [-0.3, -0.25) is 9.59 Å². The topological polar surface area (TPSA) is 105 Å². The van der Waals surface area contributed by atoms with E-state index in [0.29, 0.717) is 6.42 Å². The van der Waals surface area contributed by atoms with Crippen LogP contribution in [0, 0.1) is 5.41 Å². The summed E-state index contributed by atoms with van der Waals surface area (Å²) < 4.78 is 5.61. The van der Waals surface area contributed by atoms with Crippen molar-refractivity contribution in [3.05, 3.63) is 59.7 Å². The Morgan fingerprint density at radius 1 is 1.03 bits per heavy atom. The number of hydrogen-bond acceptors (Lipinski definition) is 4. The van der Waals surface area contributed by atoms with Crippen molar-refractivity contribution >= 4 is 18.0 Å². The minimum absolute atomic E-state index is 0.0254. The van der Waals surface area contributed by atoms with E-state index >= 15 is 0 Å². The summed E-state index contributed by atoms with van der Waals surface area (Å²) in [7, 11) is 0. The fourth-order valence-corrected chi connectivity index (χ4v) is 4.49. The number of carboxylic acid groups (broad SMARTS) is 1. The standard InChI is InChI=1S/C27H34N2O5/c1-4-9-18(14-24(30)28-17-27(2,3)15-25(31)32)29-26(33)34-16-23-21-12-7-5-10-19(21)20-11-6-8-13-22(20)23/h5-8,10-13,18,23H,4,9,14-17H2,1-3H3,(H,28,30)(H,29,33)(H,31,32)/t18-/m0/s1. The Morgan fingerprint density at radius 3 is 2.18 bits per heavy atom. The molecule has 0 bridgehead atoms. The molecule has 0 heterocycles. The Balaban J connectivity index is 1.54. The molecule has 182 valence electrons. The first-order valence-electron chi connectivity index (χ1n) is 11.8. The molecule has 0 fully saturated rings. The van der Waals surface area contributed by atoms with E-state index in [1.165, 1.54) is 11.1 Å². The number of aliphatic carboxylic acids is 1. The Labute approximate surface area is 200 Å². The predicted molar refractivity (Wildman–Crippen MR) is 131 cm³/mol. The first-order valence-corrected chi connectivity index (χ1v) is 11.8. The van der Waals surface area contributed by atoms with Crippen LogP contribution in [0.4, 0.5) is 4.79 Å². The highest BCUT2D eigenvalue weighted by molar-refractivity contribution is 5.79. The van der Waals surface area contributed by atoms with Crippen LogP contribution in [0.5, 0.6) is 0 Å². The molecule has 0 radical (unpaired) electrons. The molecule has 1 atom stereocenters. The fraction of sp³-hybridized carbons (Fsp3) is 0.444. The maximum atomic E-state index is 12.6. The fourth-order valence-electron chi connectivity index (χ4n) is 4.49. The SMILES string of the molecule is CCC[C@@H](CC(=O)NCC(C)(C)CC(=O)O)NC(=O)OCC1c2ccccc2-c2ccccc21. The molecular formula is C27H34N2O5. The molecule has 2 amide bonds. The largest absolute Gasteiger partial charge is 0.481 e. The van der Waals surface area contributed by atoms with Crippen LogP contribution in [0.25, 0.3) is 11.1 Å². The Kier molecular flexibility index (Phi) is 8.31. The molecule has 3 N–H and O–H groups in total. The second kappa shape index (κ2) is 11.2. The van der Waals surface area contributed by atoms with Gasteiger partial charge in [0, 0.05) is 24.9 Å². The van der Waals surface area contributed by atoms with Gasteiger partial charge in [-0.15, -0.1) is 0 Å². The lowest BCUT2D eigenvalue weighted by molar-refractivity contribution is -0.139. The van der Waals surface area contributed by atoms with Crippen LogP contribution in [-0.4, -0.2) is 42.3 Å². The Morgan fingerprint density at radius 2 is 1.62 bits per heavy atom. The summed E-state index contributed by atoms with van der Waals surface area (Å²) in [5.41, 5.74) is 4.06. The normalized spacial score (nSPS) is 13.5. The number of rotatable bonds is 11. The molecule has 1 aliphatic rings. The quantitative estimate of drug-likeness (QED) is 0.445. The van der Waals surface area contributed by atoms with Gasteiger partial charge in [0.15, 0.2) is 0 Å². The second-order valence-electron chi connectivity index (χ2n) is 9.67. The number of alkyl carbamates (subject to hydrolysis) is 1. The van der Waals surface area contributed by atoms with E-state index in [0.717, 1.165) is 17.5 Å². The lowest BCUT2D eigenvalue weighted by atomic mass is 9.89. The van der Waals surface area contributed by atoms with Crippen LogP contribution in [0.3, 0.4) is 0 Å². The van der Waals surface area contributed by atoms with Gasteiger partial charge >= 0.3 is 12.1 Å². The average Bonchev–Trinajstić information content (AvgIpc) is 3.09. The van der Waals surface area contributed by atoms with E-state index < -0.39 is 17.5 Å². The predicted octanol–water partition coefficient (Wildman–Crippen LogP) is 4.70. The molecule has 0 saturated carbocycles. The summed E-state index contributed by atoms with van der Waals surface area (Å²) >= 11 is 0. The minimum atomic E-state index is -0.903. The van der Waals surface area contributed by atoms with Crippen molar-refractivity contribution in [1.29, 1.82) is 0 Å². The van der Waals surface area contributed by atoms with Crippen molar-refractivity contribution in [2.45, 2.75) is 58.4 Å². The number of amides is 2. The van der Waals surface area contributed by atoms with Crippen molar-refractivity contribution < 1.29 is 24.2 Å². The van der Waals surface area contributed by atoms with E-state index in [2.05, 4.69) is 34.9 Å². The van der Waals surface area contributed by atoms with Gasteiger partial charge in [0.2, 0.25) is 5.91 Å². The Bertz CT molecular complexity index is 988. The first kappa shape index (κ1) is 25.3. The van der Waals surface area contributed by atoms with E-state index in [1.807, 2.05) is 31.2 Å². The third kappa shape index (κ3) is 6.59. The number of carbonyl (C=O) groups is 3. The van der Waals surface area contributed by atoms with Gasteiger partial charge < -0.3 is 20.5 Å². The molecule has 0 unspecified atom stereocenters. The average molecular weight is 467 g/mol. The maximum absolute atomic E-state index is 12.6. The van der Waals surface area contributed by atoms with E-state index in [4.69, 9.17) is 9.84 Å². The van der Waals surface area contributed by atoms with Crippen molar-refractivity contribution in [1.82, 2.24) is 10.6 Å². The van der Waals surface area contributed by atoms with Gasteiger partial charge in [0.1, 0.15) is 6.61 Å². The molecular weight excluding hydrogens is 432 g/mol. The molecule has 0 aliphatic heterocycles. The van der Waals surface area contributed by atoms with Crippen molar-refractivity contribution in [2.75, 3.05) is 13.2 Å². The van der Waals surface area contributed by atoms with E-state index in [1.54, 1.807) is 13.8 Å². The highest BCUT2D eigenvalue weighted by Gasteiger charge is 2.29. The summed E-state index contributed by atoms with van der Waals surface area (Å²) in [5.74, 6) is -1.15. The summed E-state index contributed by atoms with van der Waals surface area (Å²) in [6, 6.07) is 15.9. The van der Waals surface area contributed by atoms with Crippen molar-refractivity contribution in [3.63, 3.8) is 0 Å². The van der Waals surface area contributed by atoms with E-state index in [9.17, 15) is 14.4 Å². The van der Waals surface area contributed by atoms with Crippen LogP contribution in [0.1, 0.15) is 63.5 Å². The van der Waals surface area contributed by atoms with Gasteiger partial charge in [-0.2, -0.15) is 0 Å². The lowest BCUT2D eigenvalue weighted by Crippen LogP contribution is -2.42. The summed E-state index contributed by atoms with van der Waals surface area (Å²) in [5, 5.41) is 14.6. The molecule has 7 heteroatoms. The molecule has 0 spiro atoms. The van der Waals surface area contributed by atoms with Gasteiger partial charge in [-0.1, -0.05) is 75.7 Å². The number of fused-ring (bicyclic) bond motifs is 3. The van der Waals surface area contributed by atoms with Crippen LogP contribution in [0.2, 0.25) is 0 Å². The molecule has 34 heavy (non-hydrogen) atoms. The van der Waals surface area contributed by atoms with E-state index in [-0.39, 0.29) is 43.9 Å². The maximum Gasteiger partial charge on any atom is 0.407 e. The minimum Gasteiger partial charge on any atom is -0.481 e. The molecule has 3 rings (SSSR count).